The second-order valence-electron chi connectivity index (χ2n) is 5.68. The normalized spacial score (nSPS) is 12.1. The van der Waals surface area contributed by atoms with E-state index in [4.69, 9.17) is 0 Å². The first kappa shape index (κ1) is 24.3. The lowest BCUT2D eigenvalue weighted by Gasteiger charge is -2.17. The van der Waals surface area contributed by atoms with E-state index in [0.717, 1.165) is 23.7 Å². The van der Waals surface area contributed by atoms with E-state index in [9.17, 15) is 8.42 Å². The molecule has 2 aromatic rings. The average molecular weight is 544 g/mol. The highest BCUT2D eigenvalue weighted by molar-refractivity contribution is 14.0. The molecule has 0 unspecified atom stereocenters. The molecule has 2 rings (SSSR count). The largest absolute Gasteiger partial charge is 0.356 e. The van der Waals surface area contributed by atoms with E-state index in [2.05, 4.69) is 27.5 Å². The summed E-state index contributed by atoms with van der Waals surface area (Å²) in [6, 6.07) is 3.35. The molecule has 27 heavy (non-hydrogen) atoms. The monoisotopic (exact) mass is 543 g/mol. The fourth-order valence-corrected chi connectivity index (χ4v) is 5.48. The molecular formula is C16H26IN5O2S3. The van der Waals surface area contributed by atoms with Crippen molar-refractivity contribution in [3.8, 4) is 0 Å². The van der Waals surface area contributed by atoms with E-state index >= 15 is 0 Å². The third-order valence-corrected chi connectivity index (χ3v) is 8.17. The summed E-state index contributed by atoms with van der Waals surface area (Å²) in [5, 5.41) is 9.23. The second-order valence-corrected chi connectivity index (χ2v) is 10.2. The average Bonchev–Trinajstić information content (AvgIpc) is 3.24. The van der Waals surface area contributed by atoms with Crippen LogP contribution in [-0.2, 0) is 16.4 Å². The van der Waals surface area contributed by atoms with Crippen LogP contribution in [0, 0.1) is 13.8 Å². The predicted molar refractivity (Wildman–Crippen MR) is 124 cm³/mol. The van der Waals surface area contributed by atoms with E-state index in [0.29, 0.717) is 23.3 Å². The van der Waals surface area contributed by atoms with Crippen LogP contribution < -0.4 is 10.6 Å². The van der Waals surface area contributed by atoms with Crippen molar-refractivity contribution in [3.63, 3.8) is 0 Å². The summed E-state index contributed by atoms with van der Waals surface area (Å²) in [5.74, 6) is 0.650. The SMILES string of the molecule is CN=C(NCCc1nc(C)c(C)s1)NCCN(C)S(=O)(=O)c1cccs1.I. The molecule has 0 aliphatic rings. The number of hydrogen-bond donors (Lipinski definition) is 2. The van der Waals surface area contributed by atoms with Crippen LogP contribution in [0.25, 0.3) is 0 Å². The van der Waals surface area contributed by atoms with Gasteiger partial charge in [-0.15, -0.1) is 46.7 Å². The van der Waals surface area contributed by atoms with Crippen LogP contribution >= 0.6 is 46.7 Å². The molecule has 2 aromatic heterocycles. The summed E-state index contributed by atoms with van der Waals surface area (Å²) in [5.41, 5.74) is 1.09. The highest BCUT2D eigenvalue weighted by Crippen LogP contribution is 2.19. The number of guanidine groups is 1. The molecular weight excluding hydrogens is 517 g/mol. The molecule has 2 N–H and O–H groups in total. The fourth-order valence-electron chi connectivity index (χ4n) is 2.17. The fraction of sp³-hybridized carbons (Fsp3) is 0.500. The molecule has 0 atom stereocenters. The lowest BCUT2D eigenvalue weighted by Crippen LogP contribution is -2.42. The van der Waals surface area contributed by atoms with Crippen molar-refractivity contribution in [1.29, 1.82) is 0 Å². The van der Waals surface area contributed by atoms with Crippen LogP contribution in [-0.4, -0.2) is 57.4 Å². The Kier molecular flexibility index (Phi) is 10.2. The molecule has 0 radical (unpaired) electrons. The minimum absolute atomic E-state index is 0. The highest BCUT2D eigenvalue weighted by atomic mass is 127. The van der Waals surface area contributed by atoms with Crippen molar-refractivity contribution < 1.29 is 8.42 Å². The summed E-state index contributed by atoms with van der Waals surface area (Å²) in [6.45, 7) is 5.63. The molecule has 0 amide bonds. The highest BCUT2D eigenvalue weighted by Gasteiger charge is 2.21. The van der Waals surface area contributed by atoms with E-state index in [-0.39, 0.29) is 24.0 Å². The lowest BCUT2D eigenvalue weighted by molar-refractivity contribution is 0.471. The van der Waals surface area contributed by atoms with E-state index in [1.807, 2.05) is 6.92 Å². The number of rotatable bonds is 8. The quantitative estimate of drug-likeness (QED) is 0.304. The molecule has 2 heterocycles. The van der Waals surface area contributed by atoms with Crippen LogP contribution in [0.3, 0.4) is 0 Å². The summed E-state index contributed by atoms with van der Waals surface area (Å²) in [6.07, 6.45) is 0.826. The Morgan fingerprint density at radius 1 is 1.30 bits per heavy atom. The molecule has 152 valence electrons. The van der Waals surface area contributed by atoms with Gasteiger partial charge in [0, 0.05) is 45.0 Å². The van der Waals surface area contributed by atoms with E-state index < -0.39 is 10.0 Å². The Hall–Kier alpha value is -0.760. The topological polar surface area (TPSA) is 86.7 Å². The Labute approximate surface area is 186 Å². The molecule has 0 fully saturated rings. The Bertz CT molecular complexity index is 815. The van der Waals surface area contributed by atoms with Gasteiger partial charge in [0.2, 0.25) is 0 Å². The third kappa shape index (κ3) is 6.97. The molecule has 0 aliphatic carbocycles. The number of aliphatic imine (C=N–C) groups is 1. The number of nitrogens with one attached hydrogen (secondary N) is 2. The maximum atomic E-state index is 12.4. The van der Waals surface area contributed by atoms with Gasteiger partial charge in [-0.25, -0.2) is 13.4 Å². The minimum Gasteiger partial charge on any atom is -0.356 e. The minimum atomic E-state index is -3.41. The first-order valence-electron chi connectivity index (χ1n) is 8.22. The van der Waals surface area contributed by atoms with Crippen LogP contribution in [0.5, 0.6) is 0 Å². The van der Waals surface area contributed by atoms with E-state index in [1.54, 1.807) is 42.9 Å². The van der Waals surface area contributed by atoms with Gasteiger partial charge in [-0.3, -0.25) is 4.99 Å². The van der Waals surface area contributed by atoms with Gasteiger partial charge < -0.3 is 10.6 Å². The van der Waals surface area contributed by atoms with Gasteiger partial charge in [0.25, 0.3) is 10.0 Å². The maximum Gasteiger partial charge on any atom is 0.252 e. The van der Waals surface area contributed by atoms with Crippen LogP contribution in [0.4, 0.5) is 0 Å². The summed E-state index contributed by atoms with van der Waals surface area (Å²) < 4.78 is 26.4. The molecule has 0 aromatic carbocycles. The van der Waals surface area contributed by atoms with Crippen molar-refractivity contribution in [2.45, 2.75) is 24.5 Å². The first-order valence-corrected chi connectivity index (χ1v) is 11.4. The van der Waals surface area contributed by atoms with E-state index in [1.165, 1.54) is 20.5 Å². The number of aryl methyl sites for hydroxylation is 2. The standard InChI is InChI=1S/C16H25N5O2S3.HI/c1-12-13(2)25-14(20-12)7-8-18-16(17-3)19-9-10-21(4)26(22,23)15-6-5-11-24-15;/h5-6,11H,7-10H2,1-4H3,(H2,17,18,19);1H. The molecule has 0 saturated carbocycles. The first-order chi connectivity index (χ1) is 12.3. The van der Waals surface area contributed by atoms with Gasteiger partial charge in [-0.05, 0) is 25.3 Å². The predicted octanol–water partition coefficient (Wildman–Crippen LogP) is 2.47. The number of thiazole rings is 1. The summed E-state index contributed by atoms with van der Waals surface area (Å²) >= 11 is 2.94. The molecule has 11 heteroatoms. The van der Waals surface area contributed by atoms with Crippen LogP contribution in [0.2, 0.25) is 0 Å². The maximum absolute atomic E-state index is 12.4. The van der Waals surface area contributed by atoms with Crippen molar-refractivity contribution in [3.05, 3.63) is 33.1 Å². The molecule has 0 aliphatic heterocycles. The third-order valence-electron chi connectivity index (χ3n) is 3.81. The van der Waals surface area contributed by atoms with Gasteiger partial charge in [-0.2, -0.15) is 4.31 Å². The van der Waals surface area contributed by atoms with Crippen molar-refractivity contribution in [2.24, 2.45) is 4.99 Å². The number of halogens is 1. The number of aromatic nitrogens is 1. The second kappa shape index (κ2) is 11.3. The van der Waals surface area contributed by atoms with Gasteiger partial charge in [0.05, 0.1) is 10.7 Å². The van der Waals surface area contributed by atoms with Crippen LogP contribution in [0.1, 0.15) is 15.6 Å². The number of sulfonamides is 1. The number of nitrogens with zero attached hydrogens (tertiary/aromatic N) is 3. The van der Waals surface area contributed by atoms with Gasteiger partial charge >= 0.3 is 0 Å². The number of likely N-dealkylation sites (N-methyl/N-ethyl adjacent to an activating group) is 1. The number of thiophene rings is 1. The number of hydrogen-bond acceptors (Lipinski definition) is 6. The summed E-state index contributed by atoms with van der Waals surface area (Å²) in [4.78, 5) is 9.93. The van der Waals surface area contributed by atoms with Crippen molar-refractivity contribution >= 4 is 62.6 Å². The Morgan fingerprint density at radius 2 is 2.00 bits per heavy atom. The zero-order chi connectivity index (χ0) is 19.2. The zero-order valence-corrected chi connectivity index (χ0v) is 20.6. The van der Waals surface area contributed by atoms with Gasteiger partial charge in [0.15, 0.2) is 5.96 Å². The zero-order valence-electron chi connectivity index (χ0n) is 15.9. The molecule has 0 spiro atoms. The molecule has 0 bridgehead atoms. The molecule has 0 saturated heterocycles. The smallest absolute Gasteiger partial charge is 0.252 e. The van der Waals surface area contributed by atoms with Gasteiger partial charge in [-0.1, -0.05) is 6.07 Å². The lowest BCUT2D eigenvalue weighted by atomic mass is 10.4. The van der Waals surface area contributed by atoms with Crippen molar-refractivity contribution in [2.75, 3.05) is 33.7 Å². The van der Waals surface area contributed by atoms with Crippen molar-refractivity contribution in [1.82, 2.24) is 19.9 Å². The molecule has 7 nitrogen and oxygen atoms in total. The Morgan fingerprint density at radius 3 is 2.56 bits per heavy atom. The summed E-state index contributed by atoms with van der Waals surface area (Å²) in [7, 11) is -0.133. The van der Waals surface area contributed by atoms with Gasteiger partial charge in [0.1, 0.15) is 4.21 Å². The van der Waals surface area contributed by atoms with Crippen LogP contribution in [0.15, 0.2) is 26.7 Å². The Balaban J connectivity index is 0.00000364.